The Morgan fingerprint density at radius 1 is 0.973 bits per heavy atom. The standard InChI is InChI=1S/C27H31N7O2S/c1-18-10-11-21(19(2)16-18)28-26(37)33-14-12-32(13-15-33)25-29-23-22(24(35)31(4)27(36)30(23)3)34(25)17-20-8-6-5-7-9-20/h5-11,16H,12-15,17H2,1-4H3,(H,28,37). The minimum absolute atomic E-state index is 0.342. The van der Waals surface area contributed by atoms with Crippen LogP contribution in [0.15, 0.2) is 58.1 Å². The molecule has 1 saturated heterocycles. The number of hydrogen-bond acceptors (Lipinski definition) is 5. The first kappa shape index (κ1) is 24.8. The van der Waals surface area contributed by atoms with Gasteiger partial charge in [0.15, 0.2) is 16.3 Å². The van der Waals surface area contributed by atoms with E-state index < -0.39 is 0 Å². The van der Waals surface area contributed by atoms with Gasteiger partial charge in [0.1, 0.15) is 0 Å². The van der Waals surface area contributed by atoms with Crippen molar-refractivity contribution in [2.45, 2.75) is 20.4 Å². The summed E-state index contributed by atoms with van der Waals surface area (Å²) in [6, 6.07) is 16.2. The Morgan fingerprint density at radius 2 is 1.68 bits per heavy atom. The van der Waals surface area contributed by atoms with E-state index in [1.807, 2.05) is 34.9 Å². The summed E-state index contributed by atoms with van der Waals surface area (Å²) in [6.07, 6.45) is 0. The molecule has 0 spiro atoms. The molecule has 2 aromatic carbocycles. The van der Waals surface area contributed by atoms with Crippen molar-refractivity contribution in [1.82, 2.24) is 23.6 Å². The molecule has 9 nitrogen and oxygen atoms in total. The third-order valence-electron chi connectivity index (χ3n) is 6.98. The predicted molar refractivity (Wildman–Crippen MR) is 152 cm³/mol. The van der Waals surface area contributed by atoms with Crippen LogP contribution >= 0.6 is 12.2 Å². The molecule has 1 fully saturated rings. The van der Waals surface area contributed by atoms with Crippen LogP contribution in [-0.2, 0) is 20.6 Å². The lowest BCUT2D eigenvalue weighted by atomic mass is 10.1. The van der Waals surface area contributed by atoms with Gasteiger partial charge in [-0.15, -0.1) is 0 Å². The molecule has 1 aliphatic heterocycles. The number of hydrogen-bond donors (Lipinski definition) is 1. The lowest BCUT2D eigenvalue weighted by Gasteiger charge is -2.37. The molecule has 3 heterocycles. The van der Waals surface area contributed by atoms with Crippen molar-refractivity contribution in [2.24, 2.45) is 14.1 Å². The molecular weight excluding hydrogens is 486 g/mol. The van der Waals surface area contributed by atoms with E-state index in [1.165, 1.54) is 17.2 Å². The highest BCUT2D eigenvalue weighted by Crippen LogP contribution is 2.23. The largest absolute Gasteiger partial charge is 0.345 e. The fourth-order valence-corrected chi connectivity index (χ4v) is 5.14. The van der Waals surface area contributed by atoms with Gasteiger partial charge in [-0.05, 0) is 43.3 Å². The monoisotopic (exact) mass is 517 g/mol. The van der Waals surface area contributed by atoms with Crippen LogP contribution in [-0.4, -0.2) is 54.9 Å². The lowest BCUT2D eigenvalue weighted by Crippen LogP contribution is -2.50. The number of rotatable bonds is 4. The van der Waals surface area contributed by atoms with Crippen LogP contribution < -0.4 is 21.5 Å². The van der Waals surface area contributed by atoms with E-state index in [1.54, 1.807) is 7.05 Å². The first-order valence-electron chi connectivity index (χ1n) is 12.3. The Morgan fingerprint density at radius 3 is 2.35 bits per heavy atom. The van der Waals surface area contributed by atoms with Crippen LogP contribution in [0.1, 0.15) is 16.7 Å². The van der Waals surface area contributed by atoms with E-state index >= 15 is 0 Å². The van der Waals surface area contributed by atoms with Crippen LogP contribution in [0, 0.1) is 13.8 Å². The van der Waals surface area contributed by atoms with Gasteiger partial charge >= 0.3 is 5.69 Å². The number of thiocarbonyl (C=S) groups is 1. The van der Waals surface area contributed by atoms with Gasteiger partial charge in [-0.25, -0.2) is 4.79 Å². The molecule has 5 rings (SSSR count). The minimum atomic E-state index is -0.388. The molecule has 2 aromatic heterocycles. The molecule has 37 heavy (non-hydrogen) atoms. The molecule has 0 atom stereocenters. The Balaban J connectivity index is 1.43. The van der Waals surface area contributed by atoms with E-state index in [2.05, 4.69) is 47.2 Å². The van der Waals surface area contributed by atoms with Gasteiger partial charge in [-0.3, -0.25) is 18.5 Å². The van der Waals surface area contributed by atoms with Gasteiger partial charge in [0, 0.05) is 46.0 Å². The van der Waals surface area contributed by atoms with Crippen molar-refractivity contribution in [3.05, 3.63) is 86.1 Å². The number of imidazole rings is 1. The topological polar surface area (TPSA) is 80.3 Å². The fourth-order valence-electron chi connectivity index (χ4n) is 4.85. The molecule has 10 heteroatoms. The minimum Gasteiger partial charge on any atom is -0.345 e. The number of fused-ring (bicyclic) bond motifs is 1. The average Bonchev–Trinajstić information content (AvgIpc) is 3.27. The van der Waals surface area contributed by atoms with E-state index in [-0.39, 0.29) is 11.2 Å². The number of aromatic nitrogens is 4. The van der Waals surface area contributed by atoms with Crippen molar-refractivity contribution in [2.75, 3.05) is 36.4 Å². The van der Waals surface area contributed by atoms with Crippen LogP contribution in [0.4, 0.5) is 11.6 Å². The second-order valence-electron chi connectivity index (χ2n) is 9.58. The molecule has 192 valence electrons. The second-order valence-corrected chi connectivity index (χ2v) is 9.97. The van der Waals surface area contributed by atoms with Gasteiger partial charge in [0.25, 0.3) is 5.56 Å². The zero-order valence-electron chi connectivity index (χ0n) is 21.6. The Kier molecular flexibility index (Phi) is 6.59. The quantitative estimate of drug-likeness (QED) is 0.417. The van der Waals surface area contributed by atoms with Gasteiger partial charge in [-0.1, -0.05) is 48.0 Å². The Hall–Kier alpha value is -3.92. The van der Waals surface area contributed by atoms with E-state index in [0.717, 1.165) is 21.4 Å². The molecule has 0 radical (unpaired) electrons. The summed E-state index contributed by atoms with van der Waals surface area (Å²) in [5.41, 5.74) is 4.53. The predicted octanol–water partition coefficient (Wildman–Crippen LogP) is 2.62. The number of benzene rings is 2. The highest BCUT2D eigenvalue weighted by molar-refractivity contribution is 7.80. The summed E-state index contributed by atoms with van der Waals surface area (Å²) in [4.78, 5) is 35.0. The third-order valence-corrected chi connectivity index (χ3v) is 7.34. The summed E-state index contributed by atoms with van der Waals surface area (Å²) in [6.45, 7) is 7.41. The van der Waals surface area contributed by atoms with E-state index in [4.69, 9.17) is 17.2 Å². The summed E-state index contributed by atoms with van der Waals surface area (Å²) >= 11 is 5.72. The zero-order valence-corrected chi connectivity index (χ0v) is 22.4. The van der Waals surface area contributed by atoms with Crippen molar-refractivity contribution in [3.8, 4) is 0 Å². The molecule has 0 amide bonds. The Bertz CT molecular complexity index is 1600. The highest BCUT2D eigenvalue weighted by Gasteiger charge is 2.26. The van der Waals surface area contributed by atoms with Crippen molar-refractivity contribution in [1.29, 1.82) is 0 Å². The van der Waals surface area contributed by atoms with Gasteiger partial charge in [-0.2, -0.15) is 4.98 Å². The number of anilines is 2. The van der Waals surface area contributed by atoms with Crippen LogP contribution in [0.25, 0.3) is 11.2 Å². The molecule has 0 aliphatic carbocycles. The average molecular weight is 518 g/mol. The van der Waals surface area contributed by atoms with E-state index in [9.17, 15) is 9.59 Å². The number of nitrogens with one attached hydrogen (secondary N) is 1. The van der Waals surface area contributed by atoms with E-state index in [0.29, 0.717) is 54.9 Å². The lowest BCUT2D eigenvalue weighted by molar-refractivity contribution is 0.386. The summed E-state index contributed by atoms with van der Waals surface area (Å²) in [5, 5.41) is 4.09. The van der Waals surface area contributed by atoms with Gasteiger partial charge in [0.05, 0.1) is 6.54 Å². The molecule has 0 saturated carbocycles. The number of nitrogens with zero attached hydrogens (tertiary/aromatic N) is 6. The fraction of sp³-hybridized carbons (Fsp3) is 0.333. The first-order chi connectivity index (χ1) is 17.7. The van der Waals surface area contributed by atoms with Crippen LogP contribution in [0.5, 0.6) is 0 Å². The number of aryl methyl sites for hydroxylation is 3. The summed E-state index contributed by atoms with van der Waals surface area (Å²) in [7, 11) is 3.16. The second kappa shape index (κ2) is 9.85. The normalized spacial score (nSPS) is 13.8. The van der Waals surface area contributed by atoms with Crippen molar-refractivity contribution < 1.29 is 0 Å². The maximum atomic E-state index is 13.2. The van der Waals surface area contributed by atoms with Crippen molar-refractivity contribution >= 4 is 40.1 Å². The zero-order chi connectivity index (χ0) is 26.3. The SMILES string of the molecule is Cc1ccc(NC(=S)N2CCN(c3nc4c(c(=O)n(C)c(=O)n4C)n3Cc3ccccc3)CC2)c(C)c1. The van der Waals surface area contributed by atoms with Crippen molar-refractivity contribution in [3.63, 3.8) is 0 Å². The smallest absolute Gasteiger partial charge is 0.332 e. The molecule has 0 unspecified atom stereocenters. The first-order valence-corrected chi connectivity index (χ1v) is 12.7. The van der Waals surface area contributed by atoms with Crippen LogP contribution in [0.3, 0.4) is 0 Å². The Labute approximate surface area is 220 Å². The third kappa shape index (κ3) is 4.64. The maximum absolute atomic E-state index is 13.2. The maximum Gasteiger partial charge on any atom is 0.332 e. The van der Waals surface area contributed by atoms with Gasteiger partial charge in [0.2, 0.25) is 5.95 Å². The molecule has 0 bridgehead atoms. The van der Waals surface area contributed by atoms with Gasteiger partial charge < -0.3 is 15.1 Å². The van der Waals surface area contributed by atoms with Crippen LogP contribution in [0.2, 0.25) is 0 Å². The molecule has 1 N–H and O–H groups in total. The molecular formula is C27H31N7O2S. The molecule has 1 aliphatic rings. The molecule has 4 aromatic rings. The number of piperazine rings is 1. The summed E-state index contributed by atoms with van der Waals surface area (Å²) in [5.74, 6) is 0.685. The highest BCUT2D eigenvalue weighted by atomic mass is 32.1. The summed E-state index contributed by atoms with van der Waals surface area (Å²) < 4.78 is 4.53.